The van der Waals surface area contributed by atoms with Crippen molar-refractivity contribution in [3.63, 3.8) is 0 Å². The predicted octanol–water partition coefficient (Wildman–Crippen LogP) is 3.93. The summed E-state index contributed by atoms with van der Waals surface area (Å²) in [6, 6.07) is 4.68. The van der Waals surface area contributed by atoms with Crippen molar-refractivity contribution in [2.45, 2.75) is 26.2 Å². The predicted molar refractivity (Wildman–Crippen MR) is 77.4 cm³/mol. The van der Waals surface area contributed by atoms with Crippen molar-refractivity contribution in [1.82, 2.24) is 10.1 Å². The van der Waals surface area contributed by atoms with Gasteiger partial charge in [-0.2, -0.15) is 0 Å². The lowest BCUT2D eigenvalue weighted by Gasteiger charge is -2.12. The fraction of sp³-hybridized carbons (Fsp3) is 0.308. The topological polar surface area (TPSA) is 68.0 Å². The smallest absolute Gasteiger partial charge is 0.278 e. The molecule has 7 heteroatoms. The number of pyridine rings is 1. The Hall–Kier alpha value is -1.59. The van der Waals surface area contributed by atoms with E-state index in [9.17, 15) is 4.79 Å². The monoisotopic (exact) mass is 313 g/mol. The minimum Gasteiger partial charge on any atom is -0.338 e. The number of nitrogens with zero attached hydrogens (tertiary/aromatic N) is 2. The van der Waals surface area contributed by atoms with Gasteiger partial charge in [0.05, 0.1) is 10.7 Å². The molecule has 20 heavy (non-hydrogen) atoms. The van der Waals surface area contributed by atoms with Crippen molar-refractivity contribution >= 4 is 35.0 Å². The van der Waals surface area contributed by atoms with Crippen LogP contribution in [0.25, 0.3) is 0 Å². The molecule has 0 saturated carbocycles. The van der Waals surface area contributed by atoms with Crippen LogP contribution in [-0.4, -0.2) is 16.0 Å². The Kier molecular flexibility index (Phi) is 4.01. The van der Waals surface area contributed by atoms with Gasteiger partial charge in [0.2, 0.25) is 5.88 Å². The number of hydrogen-bond acceptors (Lipinski definition) is 4. The van der Waals surface area contributed by atoms with Gasteiger partial charge in [0.1, 0.15) is 10.8 Å². The van der Waals surface area contributed by atoms with Crippen LogP contribution in [0.3, 0.4) is 0 Å². The minimum atomic E-state index is -0.505. The highest BCUT2D eigenvalue weighted by atomic mass is 35.5. The lowest BCUT2D eigenvalue weighted by molar-refractivity contribution is 0.101. The van der Waals surface area contributed by atoms with Gasteiger partial charge >= 0.3 is 0 Å². The summed E-state index contributed by atoms with van der Waals surface area (Å²) in [6.07, 6.45) is 0. The Morgan fingerprint density at radius 1 is 1.30 bits per heavy atom. The van der Waals surface area contributed by atoms with Crippen molar-refractivity contribution in [2.24, 2.45) is 0 Å². The molecule has 0 radical (unpaired) electrons. The molecule has 0 unspecified atom stereocenters. The zero-order valence-electron chi connectivity index (χ0n) is 11.2. The van der Waals surface area contributed by atoms with Gasteiger partial charge in [0.15, 0.2) is 0 Å². The number of rotatable bonds is 2. The third-order valence-corrected chi connectivity index (χ3v) is 3.06. The van der Waals surface area contributed by atoms with Gasteiger partial charge in [-0.05, 0) is 12.1 Å². The van der Waals surface area contributed by atoms with Crippen LogP contribution in [0.4, 0.5) is 5.88 Å². The highest BCUT2D eigenvalue weighted by Crippen LogP contribution is 2.24. The first kappa shape index (κ1) is 14.8. The average molecular weight is 314 g/mol. The maximum Gasteiger partial charge on any atom is 0.278 e. The van der Waals surface area contributed by atoms with Gasteiger partial charge in [0, 0.05) is 11.5 Å². The summed E-state index contributed by atoms with van der Waals surface area (Å²) < 4.78 is 5.07. The third kappa shape index (κ3) is 3.29. The van der Waals surface area contributed by atoms with Gasteiger partial charge in [-0.3, -0.25) is 10.1 Å². The molecule has 0 aliphatic carbocycles. The summed E-state index contributed by atoms with van der Waals surface area (Å²) in [6.45, 7) is 5.98. The standard InChI is InChI=1S/C13H13Cl2N3O2/c1-13(2,3)8-6-10(20-18-8)17-12(19)11-7(14)4-5-9(15)16-11/h4-6H,1-3H3,(H,17,19). The number of hydrogen-bond donors (Lipinski definition) is 1. The number of carbonyl (C=O) groups is 1. The number of nitrogens with one attached hydrogen (secondary N) is 1. The van der Waals surface area contributed by atoms with Crippen LogP contribution in [-0.2, 0) is 5.41 Å². The van der Waals surface area contributed by atoms with E-state index in [2.05, 4.69) is 15.5 Å². The number of amides is 1. The van der Waals surface area contributed by atoms with Crippen LogP contribution in [0.1, 0.15) is 37.0 Å². The summed E-state index contributed by atoms with van der Waals surface area (Å²) in [5.74, 6) is -0.271. The van der Waals surface area contributed by atoms with Gasteiger partial charge in [-0.1, -0.05) is 49.1 Å². The summed E-state index contributed by atoms with van der Waals surface area (Å²) in [7, 11) is 0. The van der Waals surface area contributed by atoms with Gasteiger partial charge in [-0.15, -0.1) is 0 Å². The van der Waals surface area contributed by atoms with E-state index in [0.29, 0.717) is 0 Å². The van der Waals surface area contributed by atoms with Crippen LogP contribution in [0.15, 0.2) is 22.7 Å². The first-order valence-electron chi connectivity index (χ1n) is 5.88. The van der Waals surface area contributed by atoms with Crippen molar-refractivity contribution in [3.05, 3.63) is 39.8 Å². The second-order valence-electron chi connectivity index (χ2n) is 5.24. The van der Waals surface area contributed by atoms with E-state index >= 15 is 0 Å². The normalized spacial score (nSPS) is 11.4. The zero-order valence-corrected chi connectivity index (χ0v) is 12.7. The van der Waals surface area contributed by atoms with Gasteiger partial charge in [-0.25, -0.2) is 4.98 Å². The quantitative estimate of drug-likeness (QED) is 0.853. The van der Waals surface area contributed by atoms with Crippen LogP contribution < -0.4 is 5.32 Å². The van der Waals surface area contributed by atoms with E-state index < -0.39 is 5.91 Å². The fourth-order valence-corrected chi connectivity index (χ4v) is 1.77. The molecule has 2 aromatic rings. The molecule has 1 N–H and O–H groups in total. The molecule has 0 aliphatic rings. The molecule has 2 heterocycles. The first-order chi connectivity index (χ1) is 9.27. The molecule has 2 rings (SSSR count). The lowest BCUT2D eigenvalue weighted by Crippen LogP contribution is -2.14. The second-order valence-corrected chi connectivity index (χ2v) is 6.04. The maximum atomic E-state index is 12.0. The second kappa shape index (κ2) is 5.42. The molecule has 0 aliphatic heterocycles. The van der Waals surface area contributed by atoms with Crippen molar-refractivity contribution in [2.75, 3.05) is 5.32 Å². The van der Waals surface area contributed by atoms with E-state index in [1.165, 1.54) is 12.1 Å². The van der Waals surface area contributed by atoms with Gasteiger partial charge < -0.3 is 4.52 Å². The Bertz CT molecular complexity index is 647. The largest absolute Gasteiger partial charge is 0.338 e. The maximum absolute atomic E-state index is 12.0. The molecular formula is C13H13Cl2N3O2. The van der Waals surface area contributed by atoms with Crippen molar-refractivity contribution < 1.29 is 9.32 Å². The number of anilines is 1. The zero-order chi connectivity index (χ0) is 14.9. The molecule has 2 aromatic heterocycles. The number of aromatic nitrogens is 2. The Labute approximate surface area is 126 Å². The van der Waals surface area contributed by atoms with Crippen molar-refractivity contribution in [3.8, 4) is 0 Å². The van der Waals surface area contributed by atoms with Crippen LogP contribution in [0, 0.1) is 0 Å². The van der Waals surface area contributed by atoms with E-state index in [-0.39, 0.29) is 27.2 Å². The molecule has 0 saturated heterocycles. The van der Waals surface area contributed by atoms with Crippen LogP contribution >= 0.6 is 23.2 Å². The number of carbonyl (C=O) groups excluding carboxylic acids is 1. The molecule has 106 valence electrons. The molecule has 0 atom stereocenters. The van der Waals surface area contributed by atoms with E-state index in [1.54, 1.807) is 6.07 Å². The SMILES string of the molecule is CC(C)(C)c1cc(NC(=O)c2nc(Cl)ccc2Cl)on1. The Morgan fingerprint density at radius 2 is 2.00 bits per heavy atom. The van der Waals surface area contributed by atoms with Crippen LogP contribution in [0.2, 0.25) is 10.2 Å². The molecule has 0 bridgehead atoms. The number of halogens is 2. The lowest BCUT2D eigenvalue weighted by atomic mass is 9.92. The molecule has 0 fully saturated rings. The van der Waals surface area contributed by atoms with Crippen molar-refractivity contribution in [1.29, 1.82) is 0 Å². The third-order valence-electron chi connectivity index (χ3n) is 2.54. The summed E-state index contributed by atoms with van der Waals surface area (Å²) in [4.78, 5) is 15.9. The highest BCUT2D eigenvalue weighted by molar-refractivity contribution is 6.35. The highest BCUT2D eigenvalue weighted by Gasteiger charge is 2.21. The summed E-state index contributed by atoms with van der Waals surface area (Å²) >= 11 is 11.6. The van der Waals surface area contributed by atoms with Crippen LogP contribution in [0.5, 0.6) is 0 Å². The Balaban J connectivity index is 2.20. The first-order valence-corrected chi connectivity index (χ1v) is 6.63. The fourth-order valence-electron chi connectivity index (χ4n) is 1.44. The molecular weight excluding hydrogens is 301 g/mol. The molecule has 0 spiro atoms. The summed E-state index contributed by atoms with van der Waals surface area (Å²) in [5.41, 5.74) is 0.601. The average Bonchev–Trinajstić information content (AvgIpc) is 2.80. The molecule has 5 nitrogen and oxygen atoms in total. The molecule has 1 amide bonds. The molecule has 0 aromatic carbocycles. The minimum absolute atomic E-state index is 0.0351. The van der Waals surface area contributed by atoms with Gasteiger partial charge in [0.25, 0.3) is 5.91 Å². The van der Waals surface area contributed by atoms with E-state index in [4.69, 9.17) is 27.7 Å². The van der Waals surface area contributed by atoms with E-state index in [0.717, 1.165) is 5.69 Å². The van der Waals surface area contributed by atoms with E-state index in [1.807, 2.05) is 20.8 Å². The Morgan fingerprint density at radius 3 is 2.60 bits per heavy atom. The summed E-state index contributed by atoms with van der Waals surface area (Å²) in [5, 5.41) is 6.85.